The second-order valence-electron chi connectivity index (χ2n) is 5.48. The van der Waals surface area contributed by atoms with Crippen LogP contribution in [0.2, 0.25) is 0 Å². The summed E-state index contributed by atoms with van der Waals surface area (Å²) >= 11 is 0. The third-order valence-corrected chi connectivity index (χ3v) is 3.65. The van der Waals surface area contributed by atoms with Gasteiger partial charge < -0.3 is 10.4 Å². The summed E-state index contributed by atoms with van der Waals surface area (Å²) in [5.74, 6) is -1.46. The zero-order valence-corrected chi connectivity index (χ0v) is 11.4. The van der Waals surface area contributed by atoms with Crippen molar-refractivity contribution in [3.05, 3.63) is 29.6 Å². The summed E-state index contributed by atoms with van der Waals surface area (Å²) in [4.78, 5) is 11.3. The van der Waals surface area contributed by atoms with Gasteiger partial charge in [-0.3, -0.25) is 4.79 Å². The smallest absolute Gasteiger partial charge is 0.311 e. The van der Waals surface area contributed by atoms with Crippen LogP contribution >= 0.6 is 0 Å². The van der Waals surface area contributed by atoms with Gasteiger partial charge in [0.15, 0.2) is 0 Å². The zero-order chi connectivity index (χ0) is 14.8. The van der Waals surface area contributed by atoms with E-state index >= 15 is 0 Å². The molecule has 0 aliphatic carbocycles. The Morgan fingerprint density at radius 1 is 1.37 bits per heavy atom. The molecule has 1 aromatic rings. The summed E-state index contributed by atoms with van der Waals surface area (Å²) in [6.07, 6.45) is 0. The lowest BCUT2D eigenvalue weighted by atomic mass is 9.74. The molecule has 1 rings (SSSR count). The van der Waals surface area contributed by atoms with Gasteiger partial charge in [0.05, 0.1) is 16.7 Å². The molecule has 1 aromatic carbocycles. The van der Waals surface area contributed by atoms with Gasteiger partial charge in [0, 0.05) is 5.54 Å². The Balaban J connectivity index is 3.16. The fourth-order valence-electron chi connectivity index (χ4n) is 1.48. The van der Waals surface area contributed by atoms with E-state index in [4.69, 9.17) is 5.26 Å². The van der Waals surface area contributed by atoms with E-state index in [-0.39, 0.29) is 5.56 Å². The highest BCUT2D eigenvalue weighted by Crippen LogP contribution is 2.34. The average molecular weight is 264 g/mol. The molecule has 2 N–H and O–H groups in total. The predicted molar refractivity (Wildman–Crippen MR) is 70.2 cm³/mol. The molecule has 0 radical (unpaired) electrons. The SMILES string of the molecule is CC(C)(Nc1ccc(F)cc1C#N)C(C)(C)C(=O)O. The Kier molecular flexibility index (Phi) is 3.85. The number of hydrogen-bond donors (Lipinski definition) is 2. The quantitative estimate of drug-likeness (QED) is 0.876. The molecule has 0 saturated heterocycles. The van der Waals surface area contributed by atoms with Crippen molar-refractivity contribution in [1.29, 1.82) is 5.26 Å². The van der Waals surface area contributed by atoms with E-state index in [1.165, 1.54) is 12.1 Å². The van der Waals surface area contributed by atoms with Crippen LogP contribution in [0.25, 0.3) is 0 Å². The molecule has 0 spiro atoms. The molecule has 0 aromatic heterocycles. The van der Waals surface area contributed by atoms with Crippen molar-refractivity contribution in [2.24, 2.45) is 5.41 Å². The van der Waals surface area contributed by atoms with Crippen LogP contribution in [0.3, 0.4) is 0 Å². The van der Waals surface area contributed by atoms with Crippen LogP contribution in [0.5, 0.6) is 0 Å². The van der Waals surface area contributed by atoms with Crippen molar-refractivity contribution >= 4 is 11.7 Å². The van der Waals surface area contributed by atoms with Crippen LogP contribution in [-0.4, -0.2) is 16.6 Å². The monoisotopic (exact) mass is 264 g/mol. The van der Waals surface area contributed by atoms with E-state index in [9.17, 15) is 14.3 Å². The Labute approximate surface area is 111 Å². The molecule has 0 atom stereocenters. The minimum absolute atomic E-state index is 0.147. The average Bonchev–Trinajstić information content (AvgIpc) is 2.30. The van der Waals surface area contributed by atoms with E-state index in [0.717, 1.165) is 6.07 Å². The first-order chi connectivity index (χ1) is 8.61. The number of halogens is 1. The molecule has 0 bridgehead atoms. The lowest BCUT2D eigenvalue weighted by molar-refractivity contribution is -0.149. The molecule has 0 unspecified atom stereocenters. The fourth-order valence-corrected chi connectivity index (χ4v) is 1.48. The Bertz CT molecular complexity index is 545. The molecule has 5 heteroatoms. The van der Waals surface area contributed by atoms with Gasteiger partial charge >= 0.3 is 5.97 Å². The molecule has 0 heterocycles. The van der Waals surface area contributed by atoms with Gasteiger partial charge in [0.25, 0.3) is 0 Å². The number of nitriles is 1. The molecule has 0 aliphatic rings. The van der Waals surface area contributed by atoms with Crippen LogP contribution in [0.4, 0.5) is 10.1 Å². The van der Waals surface area contributed by atoms with Crippen LogP contribution in [0.1, 0.15) is 33.3 Å². The molecule has 102 valence electrons. The maximum absolute atomic E-state index is 13.1. The van der Waals surface area contributed by atoms with Gasteiger partial charge in [-0.2, -0.15) is 5.26 Å². The maximum atomic E-state index is 13.1. The number of carboxylic acid groups (broad SMARTS) is 1. The van der Waals surface area contributed by atoms with Gasteiger partial charge in [-0.15, -0.1) is 0 Å². The molecule has 19 heavy (non-hydrogen) atoms. The van der Waals surface area contributed by atoms with E-state index < -0.39 is 22.7 Å². The predicted octanol–water partition coefficient (Wildman–Crippen LogP) is 3.00. The maximum Gasteiger partial charge on any atom is 0.311 e. The lowest BCUT2D eigenvalue weighted by Gasteiger charge is -2.39. The molecule has 0 fully saturated rings. The van der Waals surface area contributed by atoms with E-state index in [2.05, 4.69) is 5.32 Å². The van der Waals surface area contributed by atoms with Crippen LogP contribution in [-0.2, 0) is 4.79 Å². The molecule has 0 aliphatic heterocycles. The summed E-state index contributed by atoms with van der Waals surface area (Å²) < 4.78 is 13.1. The largest absolute Gasteiger partial charge is 0.481 e. The summed E-state index contributed by atoms with van der Waals surface area (Å²) in [6.45, 7) is 6.65. The number of anilines is 1. The molecular weight excluding hydrogens is 247 g/mol. The first-order valence-electron chi connectivity index (χ1n) is 5.83. The van der Waals surface area contributed by atoms with Crippen molar-refractivity contribution in [2.45, 2.75) is 33.2 Å². The lowest BCUT2D eigenvalue weighted by Crippen LogP contribution is -2.50. The third kappa shape index (κ3) is 2.84. The highest BCUT2D eigenvalue weighted by atomic mass is 19.1. The second-order valence-corrected chi connectivity index (χ2v) is 5.48. The summed E-state index contributed by atoms with van der Waals surface area (Å²) in [6, 6.07) is 5.67. The van der Waals surface area contributed by atoms with Gasteiger partial charge in [-0.1, -0.05) is 0 Å². The van der Waals surface area contributed by atoms with Crippen molar-refractivity contribution in [3.63, 3.8) is 0 Å². The summed E-state index contributed by atoms with van der Waals surface area (Å²) in [5.41, 5.74) is -1.31. The summed E-state index contributed by atoms with van der Waals surface area (Å²) in [5, 5.41) is 21.3. The molecular formula is C14H17FN2O2. The number of hydrogen-bond acceptors (Lipinski definition) is 3. The number of carbonyl (C=O) groups is 1. The van der Waals surface area contributed by atoms with Gasteiger partial charge in [-0.05, 0) is 45.9 Å². The molecule has 4 nitrogen and oxygen atoms in total. The Morgan fingerprint density at radius 2 is 1.95 bits per heavy atom. The number of benzene rings is 1. The Hall–Kier alpha value is -2.09. The highest BCUT2D eigenvalue weighted by Gasteiger charge is 2.43. The van der Waals surface area contributed by atoms with Crippen LogP contribution in [0, 0.1) is 22.6 Å². The van der Waals surface area contributed by atoms with Crippen LogP contribution in [0.15, 0.2) is 18.2 Å². The normalized spacial score (nSPS) is 11.8. The van der Waals surface area contributed by atoms with E-state index in [1.54, 1.807) is 27.7 Å². The van der Waals surface area contributed by atoms with Crippen LogP contribution < -0.4 is 5.32 Å². The number of aliphatic carboxylic acids is 1. The van der Waals surface area contributed by atoms with Gasteiger partial charge in [0.1, 0.15) is 11.9 Å². The van der Waals surface area contributed by atoms with Gasteiger partial charge in [-0.25, -0.2) is 4.39 Å². The Morgan fingerprint density at radius 3 is 2.42 bits per heavy atom. The first-order valence-corrected chi connectivity index (χ1v) is 5.83. The number of carboxylic acids is 1. The number of nitrogens with zero attached hydrogens (tertiary/aromatic N) is 1. The van der Waals surface area contributed by atoms with Gasteiger partial charge in [0.2, 0.25) is 0 Å². The van der Waals surface area contributed by atoms with E-state index in [0.29, 0.717) is 5.69 Å². The van der Waals surface area contributed by atoms with Crippen molar-refractivity contribution < 1.29 is 14.3 Å². The standard InChI is InChI=1S/C14H17FN2O2/c1-13(2,12(18)19)14(3,4)17-11-6-5-10(15)7-9(11)8-16/h5-7,17H,1-4H3,(H,18,19). The number of nitrogens with one attached hydrogen (secondary N) is 1. The second kappa shape index (κ2) is 4.88. The number of rotatable bonds is 4. The first kappa shape index (κ1) is 15.0. The highest BCUT2D eigenvalue weighted by molar-refractivity contribution is 5.76. The van der Waals surface area contributed by atoms with Crippen molar-refractivity contribution in [3.8, 4) is 6.07 Å². The zero-order valence-electron chi connectivity index (χ0n) is 11.4. The van der Waals surface area contributed by atoms with Crippen molar-refractivity contribution in [2.75, 3.05) is 5.32 Å². The fraction of sp³-hybridized carbons (Fsp3) is 0.429. The third-order valence-electron chi connectivity index (χ3n) is 3.65. The minimum atomic E-state index is -1.06. The molecule has 0 saturated carbocycles. The van der Waals surface area contributed by atoms with E-state index in [1.807, 2.05) is 6.07 Å². The molecule has 0 amide bonds. The van der Waals surface area contributed by atoms with Crippen molar-refractivity contribution in [1.82, 2.24) is 0 Å². The topological polar surface area (TPSA) is 73.1 Å². The summed E-state index contributed by atoms with van der Waals surface area (Å²) in [7, 11) is 0. The minimum Gasteiger partial charge on any atom is -0.481 e.